The number of aliphatic imine (C=N–C) groups is 1. The smallest absolute Gasteiger partial charge is 0.244 e. The number of aromatic nitrogens is 3. The van der Waals surface area contributed by atoms with Gasteiger partial charge in [0, 0.05) is 39.1 Å². The van der Waals surface area contributed by atoms with Crippen LogP contribution in [0.4, 0.5) is 0 Å². The van der Waals surface area contributed by atoms with E-state index in [9.17, 15) is 4.79 Å². The van der Waals surface area contributed by atoms with Crippen molar-refractivity contribution in [3.8, 4) is 0 Å². The zero-order valence-electron chi connectivity index (χ0n) is 17.5. The largest absolute Gasteiger partial charge is 0.357 e. The first-order chi connectivity index (χ1) is 13.7. The summed E-state index contributed by atoms with van der Waals surface area (Å²) in [7, 11) is 0. The van der Waals surface area contributed by atoms with Gasteiger partial charge in [0.1, 0.15) is 18.7 Å². The lowest BCUT2D eigenvalue weighted by Gasteiger charge is -2.20. The summed E-state index contributed by atoms with van der Waals surface area (Å²) < 4.78 is 2.01. The molecule has 1 aromatic heterocycles. The maximum absolute atomic E-state index is 12.6. The molecule has 2 N–H and O–H groups in total. The number of carbonyl (C=O) groups excluding carboxylic acids is 1. The molecule has 0 atom stereocenters. The van der Waals surface area contributed by atoms with E-state index in [0.29, 0.717) is 25.6 Å². The van der Waals surface area contributed by atoms with E-state index in [4.69, 9.17) is 0 Å². The second kappa shape index (κ2) is 13.9. The van der Waals surface area contributed by atoms with E-state index in [1.54, 1.807) is 6.33 Å². The Morgan fingerprint density at radius 1 is 1.17 bits per heavy atom. The van der Waals surface area contributed by atoms with Crippen molar-refractivity contribution in [2.45, 2.75) is 40.3 Å². The zero-order chi connectivity index (χ0) is 20.2. The zero-order valence-corrected chi connectivity index (χ0v) is 19.8. The maximum atomic E-state index is 12.6. The van der Waals surface area contributed by atoms with Gasteiger partial charge >= 0.3 is 0 Å². The van der Waals surface area contributed by atoms with Crippen LogP contribution in [0, 0.1) is 0 Å². The number of hydrogen-bond acceptors (Lipinski definition) is 4. The predicted molar refractivity (Wildman–Crippen MR) is 126 cm³/mol. The van der Waals surface area contributed by atoms with Crippen LogP contribution < -0.4 is 10.6 Å². The monoisotopic (exact) mass is 513 g/mol. The van der Waals surface area contributed by atoms with E-state index in [0.717, 1.165) is 30.9 Å². The van der Waals surface area contributed by atoms with Gasteiger partial charge in [0.05, 0.1) is 0 Å². The molecule has 0 saturated carbocycles. The number of nitrogens with one attached hydrogen (secondary N) is 2. The average molecular weight is 513 g/mol. The molecule has 2 rings (SSSR count). The molecule has 0 aliphatic heterocycles. The van der Waals surface area contributed by atoms with Gasteiger partial charge in [-0.3, -0.25) is 4.79 Å². The Kier molecular flexibility index (Phi) is 11.9. The van der Waals surface area contributed by atoms with Crippen molar-refractivity contribution in [1.82, 2.24) is 30.3 Å². The molecule has 0 bridgehead atoms. The van der Waals surface area contributed by atoms with E-state index < -0.39 is 0 Å². The number of amides is 1. The van der Waals surface area contributed by atoms with Gasteiger partial charge in [0.15, 0.2) is 5.96 Å². The van der Waals surface area contributed by atoms with Gasteiger partial charge in [0.2, 0.25) is 5.91 Å². The Bertz CT molecular complexity index is 748. The fourth-order valence-corrected chi connectivity index (χ4v) is 2.80. The lowest BCUT2D eigenvalue weighted by atomic mass is 10.2. The number of hydrogen-bond donors (Lipinski definition) is 2. The molecular formula is C20H32IN7O. The Morgan fingerprint density at radius 3 is 2.59 bits per heavy atom. The van der Waals surface area contributed by atoms with Crippen LogP contribution in [-0.2, 0) is 24.3 Å². The topological polar surface area (TPSA) is 87.4 Å². The molecule has 1 heterocycles. The summed E-state index contributed by atoms with van der Waals surface area (Å²) in [6.07, 6.45) is 2.58. The highest BCUT2D eigenvalue weighted by atomic mass is 127. The van der Waals surface area contributed by atoms with Crippen LogP contribution in [0.2, 0.25) is 0 Å². The van der Waals surface area contributed by atoms with E-state index >= 15 is 0 Å². The summed E-state index contributed by atoms with van der Waals surface area (Å²) in [6.45, 7) is 9.55. The van der Waals surface area contributed by atoms with Crippen molar-refractivity contribution in [1.29, 1.82) is 0 Å². The average Bonchev–Trinajstić information content (AvgIpc) is 3.18. The minimum atomic E-state index is 0. The van der Waals surface area contributed by atoms with Crippen molar-refractivity contribution in [3.05, 3.63) is 48.0 Å². The van der Waals surface area contributed by atoms with Crippen molar-refractivity contribution in [2.24, 2.45) is 4.99 Å². The van der Waals surface area contributed by atoms with E-state index in [2.05, 4.69) is 32.7 Å². The quantitative estimate of drug-likeness (QED) is 0.289. The van der Waals surface area contributed by atoms with Crippen LogP contribution in [0.5, 0.6) is 0 Å². The maximum Gasteiger partial charge on any atom is 0.244 e. The summed E-state index contributed by atoms with van der Waals surface area (Å²) in [6, 6.07) is 10.0. The van der Waals surface area contributed by atoms with Crippen molar-refractivity contribution >= 4 is 35.8 Å². The first-order valence-corrected chi connectivity index (χ1v) is 9.88. The molecule has 0 saturated heterocycles. The number of benzene rings is 1. The van der Waals surface area contributed by atoms with Gasteiger partial charge < -0.3 is 20.1 Å². The number of halogens is 1. The van der Waals surface area contributed by atoms with Crippen molar-refractivity contribution in [2.75, 3.05) is 26.2 Å². The van der Waals surface area contributed by atoms with E-state index in [1.807, 2.05) is 53.6 Å². The van der Waals surface area contributed by atoms with Crippen LogP contribution in [0.25, 0.3) is 0 Å². The number of nitrogens with zero attached hydrogens (tertiary/aromatic N) is 5. The molecule has 9 heteroatoms. The highest BCUT2D eigenvalue weighted by Crippen LogP contribution is 2.04. The third-order valence-electron chi connectivity index (χ3n) is 4.32. The number of guanidine groups is 1. The third kappa shape index (κ3) is 8.38. The summed E-state index contributed by atoms with van der Waals surface area (Å²) >= 11 is 0. The fourth-order valence-electron chi connectivity index (χ4n) is 2.80. The van der Waals surface area contributed by atoms with E-state index in [1.165, 1.54) is 0 Å². The fraction of sp³-hybridized carbons (Fsp3) is 0.500. The minimum absolute atomic E-state index is 0. The van der Waals surface area contributed by atoms with Crippen LogP contribution in [0.3, 0.4) is 0 Å². The molecule has 0 spiro atoms. The first-order valence-electron chi connectivity index (χ1n) is 9.88. The number of carbonyl (C=O) groups is 1. The molecule has 8 nitrogen and oxygen atoms in total. The van der Waals surface area contributed by atoms with Crippen LogP contribution >= 0.6 is 24.0 Å². The van der Waals surface area contributed by atoms with Crippen LogP contribution in [0.15, 0.2) is 41.7 Å². The molecule has 0 aliphatic rings. The first kappa shape index (κ1) is 24.9. The lowest BCUT2D eigenvalue weighted by molar-refractivity contribution is -0.130. The molecule has 160 valence electrons. The van der Waals surface area contributed by atoms with Gasteiger partial charge in [-0.05, 0) is 19.4 Å². The Hall–Kier alpha value is -2.17. The van der Waals surface area contributed by atoms with Gasteiger partial charge in [-0.1, -0.05) is 37.3 Å². The highest BCUT2D eigenvalue weighted by molar-refractivity contribution is 14.0. The van der Waals surface area contributed by atoms with E-state index in [-0.39, 0.29) is 36.4 Å². The highest BCUT2D eigenvalue weighted by Gasteiger charge is 2.12. The minimum Gasteiger partial charge on any atom is -0.357 e. The predicted octanol–water partition coefficient (Wildman–Crippen LogP) is 2.06. The van der Waals surface area contributed by atoms with Crippen molar-refractivity contribution in [3.63, 3.8) is 0 Å². The van der Waals surface area contributed by atoms with Gasteiger partial charge in [0.25, 0.3) is 0 Å². The van der Waals surface area contributed by atoms with Gasteiger partial charge in [-0.25, -0.2) is 4.99 Å². The number of likely N-dealkylation sites (N-methyl/N-ethyl adjacent to an activating group) is 1. The molecule has 0 fully saturated rings. The van der Waals surface area contributed by atoms with Gasteiger partial charge in [-0.2, -0.15) is 0 Å². The Morgan fingerprint density at radius 2 is 1.93 bits per heavy atom. The lowest BCUT2D eigenvalue weighted by Crippen LogP contribution is -2.40. The SMILES string of the molecule is CCNC(=NCC(=O)N(CC)Cc1ccccc1)NCCn1cnnc1CC.I. The molecular weight excluding hydrogens is 481 g/mol. The second-order valence-corrected chi connectivity index (χ2v) is 6.31. The van der Waals surface area contributed by atoms with Crippen molar-refractivity contribution < 1.29 is 4.79 Å². The molecule has 0 unspecified atom stereocenters. The molecule has 2 aromatic rings. The normalized spacial score (nSPS) is 10.9. The van der Waals surface area contributed by atoms with Crippen LogP contribution in [-0.4, -0.2) is 57.7 Å². The molecule has 1 amide bonds. The van der Waals surface area contributed by atoms with Crippen LogP contribution in [0.1, 0.15) is 32.2 Å². The summed E-state index contributed by atoms with van der Waals surface area (Å²) in [4.78, 5) is 18.8. The summed E-state index contributed by atoms with van der Waals surface area (Å²) in [5.74, 6) is 1.60. The Balaban J connectivity index is 0.00000420. The molecule has 0 radical (unpaired) electrons. The number of aryl methyl sites for hydroxylation is 1. The standard InChI is InChI=1S/C20H31N7O.HI/c1-4-18-25-24-16-27(18)13-12-22-20(21-5-2)23-14-19(28)26(6-3)15-17-10-8-7-9-11-17;/h7-11,16H,4-6,12-15H2,1-3H3,(H2,21,22,23);1H. The summed E-state index contributed by atoms with van der Waals surface area (Å²) in [5.41, 5.74) is 1.12. The molecule has 29 heavy (non-hydrogen) atoms. The third-order valence-corrected chi connectivity index (χ3v) is 4.32. The number of rotatable bonds is 10. The molecule has 1 aromatic carbocycles. The summed E-state index contributed by atoms with van der Waals surface area (Å²) in [5, 5.41) is 14.5. The van der Waals surface area contributed by atoms with Gasteiger partial charge in [-0.15, -0.1) is 34.2 Å². The Labute approximate surface area is 190 Å². The molecule has 0 aliphatic carbocycles. The second-order valence-electron chi connectivity index (χ2n) is 6.31.